The Bertz CT molecular complexity index is 518. The van der Waals surface area contributed by atoms with Crippen LogP contribution in [0.15, 0.2) is 30.6 Å². The van der Waals surface area contributed by atoms with E-state index in [0.29, 0.717) is 17.7 Å². The van der Waals surface area contributed by atoms with E-state index in [1.807, 2.05) is 34.9 Å². The lowest BCUT2D eigenvalue weighted by Gasteiger charge is -2.07. The molecule has 2 aromatic rings. The minimum atomic E-state index is -0.369. The first-order chi connectivity index (χ1) is 7.59. The second kappa shape index (κ2) is 4.04. The Balaban J connectivity index is 2.42. The molecule has 1 aromatic heterocycles. The predicted molar refractivity (Wildman–Crippen MR) is 55.8 cm³/mol. The van der Waals surface area contributed by atoms with Gasteiger partial charge >= 0.3 is 0 Å². The molecule has 16 heavy (non-hydrogen) atoms. The van der Waals surface area contributed by atoms with Crippen LogP contribution in [0, 0.1) is 18.6 Å². The highest BCUT2D eigenvalue weighted by Crippen LogP contribution is 2.17. The molecule has 1 aromatic carbocycles. The molecule has 0 aliphatic rings. The quantitative estimate of drug-likeness (QED) is 0.688. The molecule has 0 saturated heterocycles. The van der Waals surface area contributed by atoms with Gasteiger partial charge in [-0.1, -0.05) is 0 Å². The summed E-state index contributed by atoms with van der Waals surface area (Å²) >= 11 is 0. The number of hydrogen-bond donors (Lipinski definition) is 0. The van der Waals surface area contributed by atoms with Crippen LogP contribution in [0.25, 0.3) is 0 Å². The molecule has 0 aliphatic carbocycles. The number of hydrogen-bond acceptors (Lipinski definition) is 0. The molecule has 1 heterocycles. The Hall–Kier alpha value is -1.71. The third-order valence-electron chi connectivity index (χ3n) is 2.76. The van der Waals surface area contributed by atoms with Gasteiger partial charge in [0.05, 0.1) is 6.20 Å². The maximum Gasteiger partial charge on any atom is 0.195 e. The summed E-state index contributed by atoms with van der Waals surface area (Å²) in [4.78, 5) is 0. The van der Waals surface area contributed by atoms with E-state index >= 15 is 0 Å². The van der Waals surface area contributed by atoms with Gasteiger partial charge in [-0.25, -0.2) is 8.78 Å². The van der Waals surface area contributed by atoms with Gasteiger partial charge < -0.3 is 0 Å². The summed E-state index contributed by atoms with van der Waals surface area (Å²) in [7, 11) is 1.85. The van der Waals surface area contributed by atoms with E-state index in [1.54, 1.807) is 6.92 Å². The SMILES string of the molecule is Cc1c(F)ccc(F)c1Cn1ccc[n+]1C. The van der Waals surface area contributed by atoms with Crippen LogP contribution in [0.2, 0.25) is 0 Å². The van der Waals surface area contributed by atoms with Crippen molar-refractivity contribution < 1.29 is 13.5 Å². The van der Waals surface area contributed by atoms with Crippen molar-refractivity contribution in [2.75, 3.05) is 0 Å². The van der Waals surface area contributed by atoms with Crippen molar-refractivity contribution in [1.82, 2.24) is 4.68 Å². The fourth-order valence-electron chi connectivity index (χ4n) is 1.67. The predicted octanol–water partition coefficient (Wildman–Crippen LogP) is 1.95. The molecule has 0 radical (unpaired) electrons. The van der Waals surface area contributed by atoms with Crippen LogP contribution < -0.4 is 4.68 Å². The summed E-state index contributed by atoms with van der Waals surface area (Å²) in [6.45, 7) is 1.93. The van der Waals surface area contributed by atoms with E-state index in [9.17, 15) is 8.78 Å². The van der Waals surface area contributed by atoms with E-state index in [4.69, 9.17) is 0 Å². The van der Waals surface area contributed by atoms with Gasteiger partial charge in [-0.3, -0.25) is 0 Å². The molecule has 0 N–H and O–H groups in total. The summed E-state index contributed by atoms with van der Waals surface area (Å²) in [6, 6.07) is 4.18. The number of rotatable bonds is 2. The summed E-state index contributed by atoms with van der Waals surface area (Å²) in [5, 5.41) is 0. The lowest BCUT2D eigenvalue weighted by atomic mass is 10.1. The third kappa shape index (κ3) is 1.83. The Morgan fingerprint density at radius 2 is 1.94 bits per heavy atom. The van der Waals surface area contributed by atoms with E-state index in [1.165, 1.54) is 6.07 Å². The minimum Gasteiger partial charge on any atom is -0.207 e. The van der Waals surface area contributed by atoms with Crippen LogP contribution in [-0.2, 0) is 13.6 Å². The van der Waals surface area contributed by atoms with Gasteiger partial charge in [-0.15, -0.1) is 4.68 Å². The molecule has 84 valence electrons. The van der Waals surface area contributed by atoms with E-state index in [0.717, 1.165) is 6.07 Å². The van der Waals surface area contributed by atoms with Crippen molar-refractivity contribution in [3.63, 3.8) is 0 Å². The molecule has 0 unspecified atom stereocenters. The van der Waals surface area contributed by atoms with Gasteiger partial charge in [-0.05, 0) is 24.6 Å². The fraction of sp³-hybridized carbons (Fsp3) is 0.250. The maximum absolute atomic E-state index is 13.6. The van der Waals surface area contributed by atoms with E-state index in [2.05, 4.69) is 0 Å². The van der Waals surface area contributed by atoms with E-state index in [-0.39, 0.29) is 11.6 Å². The second-order valence-corrected chi connectivity index (χ2v) is 3.79. The summed E-state index contributed by atoms with van der Waals surface area (Å²) < 4.78 is 30.5. The molecule has 0 saturated carbocycles. The van der Waals surface area contributed by atoms with Crippen molar-refractivity contribution in [3.05, 3.63) is 53.4 Å². The monoisotopic (exact) mass is 223 g/mol. The summed E-state index contributed by atoms with van der Waals surface area (Å²) in [5.74, 6) is -0.737. The van der Waals surface area contributed by atoms with Gasteiger partial charge in [0.15, 0.2) is 13.2 Å². The summed E-state index contributed by atoms with van der Waals surface area (Å²) in [6.07, 6.45) is 3.68. The molecular formula is C12H13F2N2+. The first kappa shape index (κ1) is 10.8. The average Bonchev–Trinajstić information content (AvgIpc) is 2.65. The lowest BCUT2D eigenvalue weighted by Crippen LogP contribution is -2.38. The van der Waals surface area contributed by atoms with Crippen LogP contribution in [0.5, 0.6) is 0 Å². The molecular weight excluding hydrogens is 210 g/mol. The molecule has 2 rings (SSSR count). The zero-order valence-corrected chi connectivity index (χ0v) is 9.24. The number of benzene rings is 1. The molecule has 0 fully saturated rings. The zero-order valence-electron chi connectivity index (χ0n) is 9.24. The minimum absolute atomic E-state index is 0.332. The second-order valence-electron chi connectivity index (χ2n) is 3.79. The van der Waals surface area contributed by atoms with Crippen LogP contribution in [0.3, 0.4) is 0 Å². The van der Waals surface area contributed by atoms with Crippen molar-refractivity contribution in [2.24, 2.45) is 7.05 Å². The Labute approximate surface area is 92.7 Å². The van der Waals surface area contributed by atoms with Crippen LogP contribution in [0.1, 0.15) is 11.1 Å². The fourth-order valence-corrected chi connectivity index (χ4v) is 1.67. The molecule has 0 aliphatic heterocycles. The number of nitrogens with zero attached hydrogens (tertiary/aromatic N) is 2. The maximum atomic E-state index is 13.6. The highest BCUT2D eigenvalue weighted by Gasteiger charge is 2.13. The third-order valence-corrected chi connectivity index (χ3v) is 2.76. The summed E-state index contributed by atoms with van der Waals surface area (Å²) in [5.41, 5.74) is 0.764. The average molecular weight is 223 g/mol. The lowest BCUT2D eigenvalue weighted by molar-refractivity contribution is -0.752. The first-order valence-electron chi connectivity index (χ1n) is 5.04. The zero-order chi connectivity index (χ0) is 11.7. The first-order valence-corrected chi connectivity index (χ1v) is 5.04. The highest BCUT2D eigenvalue weighted by atomic mass is 19.1. The molecule has 0 spiro atoms. The number of halogens is 2. The Morgan fingerprint density at radius 3 is 2.56 bits per heavy atom. The van der Waals surface area contributed by atoms with Gasteiger partial charge in [0.25, 0.3) is 0 Å². The number of aromatic nitrogens is 2. The van der Waals surface area contributed by atoms with Gasteiger partial charge in [0.2, 0.25) is 0 Å². The van der Waals surface area contributed by atoms with Crippen molar-refractivity contribution in [1.29, 1.82) is 0 Å². The van der Waals surface area contributed by atoms with Gasteiger partial charge in [-0.2, -0.15) is 4.68 Å². The normalized spacial score (nSPS) is 10.8. The van der Waals surface area contributed by atoms with Gasteiger partial charge in [0, 0.05) is 11.6 Å². The molecule has 0 amide bonds. The number of aryl methyl sites for hydroxylation is 1. The topological polar surface area (TPSA) is 8.81 Å². The highest BCUT2D eigenvalue weighted by molar-refractivity contribution is 5.28. The smallest absolute Gasteiger partial charge is 0.195 e. The molecule has 2 nitrogen and oxygen atoms in total. The van der Waals surface area contributed by atoms with Crippen molar-refractivity contribution in [2.45, 2.75) is 13.5 Å². The largest absolute Gasteiger partial charge is 0.207 e. The van der Waals surface area contributed by atoms with Gasteiger partial charge in [0.1, 0.15) is 18.2 Å². The van der Waals surface area contributed by atoms with Crippen LogP contribution >= 0.6 is 0 Å². The molecule has 0 atom stereocenters. The standard InChI is InChI=1S/C12H13F2N2/c1-9-10(12(14)5-4-11(9)13)8-16-7-3-6-15(16)2/h3-7H,8H2,1-2H3/q+1. The molecule has 4 heteroatoms. The Morgan fingerprint density at radius 1 is 1.25 bits per heavy atom. The van der Waals surface area contributed by atoms with Crippen LogP contribution in [0.4, 0.5) is 8.78 Å². The van der Waals surface area contributed by atoms with Crippen molar-refractivity contribution in [3.8, 4) is 0 Å². The Kier molecular flexibility index (Phi) is 2.73. The molecule has 0 bridgehead atoms. The van der Waals surface area contributed by atoms with Crippen molar-refractivity contribution >= 4 is 0 Å². The van der Waals surface area contributed by atoms with E-state index < -0.39 is 0 Å². The van der Waals surface area contributed by atoms with Crippen LogP contribution in [-0.4, -0.2) is 4.68 Å².